The van der Waals surface area contributed by atoms with Gasteiger partial charge in [-0.05, 0) is 24.5 Å². The SMILES string of the molecule is Cn1ncc(NC(=O)[C@@H]2CCCC[C@@H]2C(=O)c2ccc(-c3ccn[nH]3)cc2)c1C#N. The summed E-state index contributed by atoms with van der Waals surface area (Å²) in [5, 5.41) is 22.9. The van der Waals surface area contributed by atoms with E-state index in [2.05, 4.69) is 20.6 Å². The molecule has 1 fully saturated rings. The number of amides is 1. The fourth-order valence-electron chi connectivity index (χ4n) is 4.09. The van der Waals surface area contributed by atoms with Crippen LogP contribution in [0.4, 0.5) is 5.69 Å². The first-order valence-corrected chi connectivity index (χ1v) is 9.95. The number of anilines is 1. The molecule has 0 bridgehead atoms. The number of ketones is 1. The quantitative estimate of drug-likeness (QED) is 0.635. The lowest BCUT2D eigenvalue weighted by Crippen LogP contribution is -2.36. The Morgan fingerprint density at radius 2 is 1.90 bits per heavy atom. The van der Waals surface area contributed by atoms with Gasteiger partial charge in [-0.25, -0.2) is 0 Å². The highest BCUT2D eigenvalue weighted by Gasteiger charge is 2.36. The highest BCUT2D eigenvalue weighted by Crippen LogP contribution is 2.34. The van der Waals surface area contributed by atoms with Gasteiger partial charge in [0.2, 0.25) is 5.91 Å². The normalized spacial score (nSPS) is 18.5. The molecular formula is C22H22N6O2. The number of aromatic amines is 1. The first-order chi connectivity index (χ1) is 14.6. The van der Waals surface area contributed by atoms with Gasteiger partial charge in [-0.1, -0.05) is 37.1 Å². The summed E-state index contributed by atoms with van der Waals surface area (Å²) in [5.41, 5.74) is 3.10. The van der Waals surface area contributed by atoms with E-state index >= 15 is 0 Å². The topological polar surface area (TPSA) is 116 Å². The molecule has 2 heterocycles. The van der Waals surface area contributed by atoms with Crippen LogP contribution >= 0.6 is 0 Å². The maximum atomic E-state index is 13.2. The smallest absolute Gasteiger partial charge is 0.228 e. The van der Waals surface area contributed by atoms with Crippen molar-refractivity contribution < 1.29 is 9.59 Å². The first-order valence-electron chi connectivity index (χ1n) is 9.95. The van der Waals surface area contributed by atoms with Crippen LogP contribution < -0.4 is 5.32 Å². The molecule has 152 valence electrons. The summed E-state index contributed by atoms with van der Waals surface area (Å²) in [5.74, 6) is -1.05. The van der Waals surface area contributed by atoms with Gasteiger partial charge in [0.15, 0.2) is 11.5 Å². The Bertz CT molecular complexity index is 1090. The Balaban J connectivity index is 1.52. The maximum absolute atomic E-state index is 13.2. The van der Waals surface area contributed by atoms with E-state index in [-0.39, 0.29) is 23.3 Å². The third-order valence-electron chi connectivity index (χ3n) is 5.72. The summed E-state index contributed by atoms with van der Waals surface area (Å²) < 4.78 is 1.42. The summed E-state index contributed by atoms with van der Waals surface area (Å²) in [6.07, 6.45) is 6.29. The number of nitriles is 1. The zero-order valence-electron chi connectivity index (χ0n) is 16.6. The monoisotopic (exact) mass is 402 g/mol. The summed E-state index contributed by atoms with van der Waals surface area (Å²) in [6.45, 7) is 0. The molecule has 4 rings (SSSR count). The molecule has 0 saturated heterocycles. The van der Waals surface area contributed by atoms with Crippen molar-refractivity contribution in [3.05, 3.63) is 54.0 Å². The molecule has 30 heavy (non-hydrogen) atoms. The minimum Gasteiger partial charge on any atom is -0.322 e. The van der Waals surface area contributed by atoms with Crippen LogP contribution in [-0.4, -0.2) is 31.7 Å². The van der Waals surface area contributed by atoms with E-state index in [0.717, 1.165) is 24.1 Å². The van der Waals surface area contributed by atoms with Crippen LogP contribution in [0.25, 0.3) is 11.3 Å². The van der Waals surface area contributed by atoms with Crippen molar-refractivity contribution >= 4 is 17.4 Å². The molecule has 0 spiro atoms. The number of aryl methyl sites for hydroxylation is 1. The fraction of sp³-hybridized carbons (Fsp3) is 0.318. The van der Waals surface area contributed by atoms with Gasteiger partial charge >= 0.3 is 0 Å². The van der Waals surface area contributed by atoms with Crippen molar-refractivity contribution in [2.24, 2.45) is 18.9 Å². The molecule has 1 aromatic carbocycles. The Labute approximate surface area is 173 Å². The van der Waals surface area contributed by atoms with Gasteiger partial charge in [0.1, 0.15) is 6.07 Å². The molecule has 0 unspecified atom stereocenters. The lowest BCUT2D eigenvalue weighted by molar-refractivity contribution is -0.122. The number of benzene rings is 1. The number of hydrogen-bond acceptors (Lipinski definition) is 5. The van der Waals surface area contributed by atoms with E-state index < -0.39 is 5.92 Å². The van der Waals surface area contributed by atoms with E-state index in [1.165, 1.54) is 10.9 Å². The largest absolute Gasteiger partial charge is 0.322 e. The van der Waals surface area contributed by atoms with Gasteiger partial charge in [-0.2, -0.15) is 15.5 Å². The van der Waals surface area contributed by atoms with Gasteiger partial charge in [0, 0.05) is 30.6 Å². The van der Waals surface area contributed by atoms with Gasteiger partial charge in [-0.15, -0.1) is 0 Å². The molecule has 1 aliphatic rings. The van der Waals surface area contributed by atoms with Crippen LogP contribution in [0.5, 0.6) is 0 Å². The predicted octanol–water partition coefficient (Wildman–Crippen LogP) is 3.31. The number of nitrogens with one attached hydrogen (secondary N) is 2. The van der Waals surface area contributed by atoms with E-state index in [0.29, 0.717) is 24.1 Å². The molecule has 3 aromatic rings. The molecular weight excluding hydrogens is 380 g/mol. The standard InChI is InChI=1S/C22H22N6O2/c1-28-20(12-23)19(13-25-28)26-22(30)17-5-3-2-4-16(17)21(29)15-8-6-14(7-9-15)18-10-11-24-27-18/h6-11,13,16-17H,2-5H2,1H3,(H,24,27)(H,26,30)/t16-,17+/m0/s1. The minimum absolute atomic E-state index is 0.0160. The molecule has 0 radical (unpaired) electrons. The van der Waals surface area contributed by atoms with Crippen molar-refractivity contribution in [1.82, 2.24) is 20.0 Å². The van der Waals surface area contributed by atoms with Crippen LogP contribution in [0, 0.1) is 23.2 Å². The highest BCUT2D eigenvalue weighted by molar-refractivity contribution is 6.03. The predicted molar refractivity (Wildman–Crippen MR) is 110 cm³/mol. The minimum atomic E-state index is -0.426. The van der Waals surface area contributed by atoms with Crippen molar-refractivity contribution in [3.63, 3.8) is 0 Å². The Morgan fingerprint density at radius 3 is 2.57 bits per heavy atom. The molecule has 1 aliphatic carbocycles. The summed E-state index contributed by atoms with van der Waals surface area (Å²) >= 11 is 0. The molecule has 2 aromatic heterocycles. The second-order valence-electron chi connectivity index (χ2n) is 7.54. The summed E-state index contributed by atoms with van der Waals surface area (Å²) in [4.78, 5) is 26.2. The van der Waals surface area contributed by atoms with E-state index in [1.54, 1.807) is 25.4 Å². The van der Waals surface area contributed by atoms with Gasteiger partial charge in [0.25, 0.3) is 0 Å². The molecule has 0 aliphatic heterocycles. The van der Waals surface area contributed by atoms with Crippen LogP contribution in [0.15, 0.2) is 42.7 Å². The van der Waals surface area contributed by atoms with Crippen LogP contribution in [0.2, 0.25) is 0 Å². The average molecular weight is 402 g/mol. The van der Waals surface area contributed by atoms with Crippen LogP contribution in [0.3, 0.4) is 0 Å². The molecule has 8 heteroatoms. The van der Waals surface area contributed by atoms with Crippen molar-refractivity contribution in [2.75, 3.05) is 5.32 Å². The number of aromatic nitrogens is 4. The van der Waals surface area contributed by atoms with Gasteiger partial charge < -0.3 is 5.32 Å². The Morgan fingerprint density at radius 1 is 1.17 bits per heavy atom. The molecule has 2 atom stereocenters. The van der Waals surface area contributed by atoms with Crippen molar-refractivity contribution in [3.8, 4) is 17.3 Å². The summed E-state index contributed by atoms with van der Waals surface area (Å²) in [7, 11) is 1.65. The summed E-state index contributed by atoms with van der Waals surface area (Å²) in [6, 6.07) is 11.3. The number of rotatable bonds is 5. The Hall–Kier alpha value is -3.73. The fourth-order valence-corrected chi connectivity index (χ4v) is 4.09. The van der Waals surface area contributed by atoms with Gasteiger partial charge in [-0.3, -0.25) is 19.4 Å². The van der Waals surface area contributed by atoms with Gasteiger partial charge in [0.05, 0.1) is 17.6 Å². The number of H-pyrrole nitrogens is 1. The zero-order chi connectivity index (χ0) is 21.1. The van der Waals surface area contributed by atoms with Crippen molar-refractivity contribution in [2.45, 2.75) is 25.7 Å². The van der Waals surface area contributed by atoms with E-state index in [1.807, 2.05) is 24.3 Å². The average Bonchev–Trinajstić information content (AvgIpc) is 3.43. The second-order valence-corrected chi connectivity index (χ2v) is 7.54. The lowest BCUT2D eigenvalue weighted by atomic mass is 9.75. The second kappa shape index (κ2) is 8.33. The molecule has 1 amide bonds. The highest BCUT2D eigenvalue weighted by atomic mass is 16.2. The molecule has 8 nitrogen and oxygen atoms in total. The maximum Gasteiger partial charge on any atom is 0.228 e. The number of carbonyl (C=O) groups excluding carboxylic acids is 2. The number of nitrogens with zero attached hydrogens (tertiary/aromatic N) is 4. The van der Waals surface area contributed by atoms with Crippen molar-refractivity contribution in [1.29, 1.82) is 5.26 Å². The first kappa shape index (κ1) is 19.6. The Kier molecular flexibility index (Phi) is 5.44. The van der Waals surface area contributed by atoms with Crippen LogP contribution in [-0.2, 0) is 11.8 Å². The third kappa shape index (κ3) is 3.74. The molecule has 1 saturated carbocycles. The third-order valence-corrected chi connectivity index (χ3v) is 5.72. The zero-order valence-corrected chi connectivity index (χ0v) is 16.6. The van der Waals surface area contributed by atoms with E-state index in [9.17, 15) is 14.9 Å². The number of carbonyl (C=O) groups is 2. The number of hydrogen-bond donors (Lipinski definition) is 2. The lowest BCUT2D eigenvalue weighted by Gasteiger charge is -2.29. The van der Waals surface area contributed by atoms with Crippen LogP contribution in [0.1, 0.15) is 41.7 Å². The number of Topliss-reactive ketones (excluding diaryl/α,β-unsaturated/α-hetero) is 1. The van der Waals surface area contributed by atoms with E-state index in [4.69, 9.17) is 0 Å². The molecule has 2 N–H and O–H groups in total.